The first kappa shape index (κ1) is 16.2. The summed E-state index contributed by atoms with van der Waals surface area (Å²) in [5.41, 5.74) is 1.06. The van der Waals surface area contributed by atoms with Crippen molar-refractivity contribution in [2.45, 2.75) is 51.6 Å². The van der Waals surface area contributed by atoms with E-state index in [0.717, 1.165) is 27.1 Å². The quantitative estimate of drug-likeness (QED) is 0.519. The molecule has 0 aliphatic carbocycles. The Labute approximate surface area is 141 Å². The summed E-state index contributed by atoms with van der Waals surface area (Å²) >= 11 is 3.02. The summed E-state index contributed by atoms with van der Waals surface area (Å²) in [5.74, 6) is 1.76. The van der Waals surface area contributed by atoms with Crippen LogP contribution in [0.1, 0.15) is 36.0 Å². The van der Waals surface area contributed by atoms with Gasteiger partial charge in [0.2, 0.25) is 5.89 Å². The van der Waals surface area contributed by atoms with Crippen LogP contribution in [-0.4, -0.2) is 19.7 Å². The van der Waals surface area contributed by atoms with Crippen molar-refractivity contribution in [1.82, 2.24) is 19.7 Å². The highest BCUT2D eigenvalue weighted by Gasteiger charge is 2.17. The van der Waals surface area contributed by atoms with Crippen LogP contribution in [0.4, 0.5) is 0 Å². The van der Waals surface area contributed by atoms with Gasteiger partial charge in [-0.05, 0) is 26.3 Å². The van der Waals surface area contributed by atoms with Gasteiger partial charge in [-0.2, -0.15) is 4.98 Å². The molecule has 3 aromatic heterocycles. The van der Waals surface area contributed by atoms with Gasteiger partial charge >= 0.3 is 0 Å². The zero-order chi connectivity index (χ0) is 16.6. The second-order valence-corrected chi connectivity index (χ2v) is 7.30. The first-order valence-corrected chi connectivity index (χ1v) is 9.30. The monoisotopic (exact) mass is 350 g/mol. The highest BCUT2D eigenvalue weighted by Crippen LogP contribution is 2.29. The van der Waals surface area contributed by atoms with Gasteiger partial charge in [0.1, 0.15) is 4.83 Å². The van der Waals surface area contributed by atoms with Gasteiger partial charge in [0.25, 0.3) is 5.56 Å². The Morgan fingerprint density at radius 3 is 2.70 bits per heavy atom. The van der Waals surface area contributed by atoms with E-state index >= 15 is 0 Å². The molecule has 3 aromatic rings. The number of aromatic nitrogens is 4. The van der Waals surface area contributed by atoms with Gasteiger partial charge in [-0.3, -0.25) is 9.36 Å². The Hall–Kier alpha value is -1.67. The Morgan fingerprint density at radius 2 is 2.04 bits per heavy atom. The predicted molar refractivity (Wildman–Crippen MR) is 92.3 cm³/mol. The first-order valence-electron chi connectivity index (χ1n) is 7.49. The van der Waals surface area contributed by atoms with Gasteiger partial charge < -0.3 is 4.52 Å². The smallest absolute Gasteiger partial charge is 0.263 e. The van der Waals surface area contributed by atoms with Gasteiger partial charge in [-0.25, -0.2) is 4.98 Å². The third kappa shape index (κ3) is 2.92. The number of rotatable bonds is 5. The van der Waals surface area contributed by atoms with Gasteiger partial charge in [-0.15, -0.1) is 11.3 Å². The minimum Gasteiger partial charge on any atom is -0.338 e. The van der Waals surface area contributed by atoms with E-state index in [1.54, 1.807) is 15.9 Å². The lowest BCUT2D eigenvalue weighted by atomic mass is 10.2. The molecule has 3 heterocycles. The molecule has 3 rings (SSSR count). The van der Waals surface area contributed by atoms with Crippen LogP contribution < -0.4 is 5.56 Å². The summed E-state index contributed by atoms with van der Waals surface area (Å²) in [6.07, 6.45) is 0.742. The molecular formula is C15H18N4O2S2. The second kappa shape index (κ2) is 6.45. The van der Waals surface area contributed by atoms with Crippen molar-refractivity contribution in [1.29, 1.82) is 0 Å². The maximum atomic E-state index is 12.7. The third-order valence-electron chi connectivity index (χ3n) is 3.72. The molecule has 0 aliphatic rings. The average molecular weight is 350 g/mol. The number of nitrogens with zero attached hydrogens (tertiary/aromatic N) is 4. The van der Waals surface area contributed by atoms with Crippen molar-refractivity contribution >= 4 is 33.3 Å². The summed E-state index contributed by atoms with van der Waals surface area (Å²) in [7, 11) is 0. The fourth-order valence-electron chi connectivity index (χ4n) is 2.32. The molecule has 122 valence electrons. The predicted octanol–water partition coefficient (Wildman–Crippen LogP) is 3.33. The van der Waals surface area contributed by atoms with Crippen LogP contribution in [0.15, 0.2) is 14.5 Å². The molecule has 0 unspecified atom stereocenters. The normalized spacial score (nSPS) is 11.5. The highest BCUT2D eigenvalue weighted by molar-refractivity contribution is 7.98. The zero-order valence-corrected chi connectivity index (χ0v) is 15.2. The third-order valence-corrected chi connectivity index (χ3v) is 5.78. The number of thioether (sulfide) groups is 1. The summed E-state index contributed by atoms with van der Waals surface area (Å²) in [6.45, 7) is 8.52. The Kier molecular flexibility index (Phi) is 4.54. The van der Waals surface area contributed by atoms with E-state index in [1.807, 2.05) is 27.7 Å². The molecule has 0 amide bonds. The number of fused-ring (bicyclic) bond motifs is 1. The van der Waals surface area contributed by atoms with Gasteiger partial charge in [0.15, 0.2) is 11.0 Å². The lowest BCUT2D eigenvalue weighted by Gasteiger charge is -2.08. The van der Waals surface area contributed by atoms with E-state index in [1.165, 1.54) is 11.8 Å². The van der Waals surface area contributed by atoms with E-state index in [4.69, 9.17) is 4.52 Å². The van der Waals surface area contributed by atoms with Crippen LogP contribution >= 0.6 is 23.1 Å². The Bertz CT molecular complexity index is 910. The fraction of sp³-hybridized carbons (Fsp3) is 0.467. The lowest BCUT2D eigenvalue weighted by molar-refractivity contribution is 0.385. The molecule has 23 heavy (non-hydrogen) atoms. The molecule has 6 nitrogen and oxygen atoms in total. The van der Waals surface area contributed by atoms with Gasteiger partial charge in [0.05, 0.1) is 11.1 Å². The van der Waals surface area contributed by atoms with Gasteiger partial charge in [0, 0.05) is 17.8 Å². The van der Waals surface area contributed by atoms with Crippen LogP contribution in [0.25, 0.3) is 10.2 Å². The molecule has 8 heteroatoms. The Morgan fingerprint density at radius 1 is 1.26 bits per heavy atom. The average Bonchev–Trinajstić information content (AvgIpc) is 3.10. The van der Waals surface area contributed by atoms with Gasteiger partial charge in [-0.1, -0.05) is 23.8 Å². The summed E-state index contributed by atoms with van der Waals surface area (Å²) in [4.78, 5) is 23.7. The maximum absolute atomic E-state index is 12.7. The minimum absolute atomic E-state index is 0.0293. The molecule has 0 bridgehead atoms. The molecule has 0 aliphatic heterocycles. The molecule has 0 saturated heterocycles. The number of hydrogen-bond donors (Lipinski definition) is 0. The topological polar surface area (TPSA) is 73.8 Å². The van der Waals surface area contributed by atoms with Crippen molar-refractivity contribution < 1.29 is 4.52 Å². The van der Waals surface area contributed by atoms with Crippen molar-refractivity contribution in [2.24, 2.45) is 0 Å². The molecule has 0 N–H and O–H groups in total. The summed E-state index contributed by atoms with van der Waals surface area (Å²) in [5, 5.41) is 5.32. The van der Waals surface area contributed by atoms with E-state index in [-0.39, 0.29) is 5.56 Å². The fourth-order valence-corrected chi connectivity index (χ4v) is 4.29. The molecular weight excluding hydrogens is 332 g/mol. The highest BCUT2D eigenvalue weighted by atomic mass is 32.2. The Balaban J connectivity index is 1.98. The van der Waals surface area contributed by atoms with Crippen LogP contribution in [-0.2, 0) is 18.7 Å². The second-order valence-electron chi connectivity index (χ2n) is 5.15. The molecule has 0 spiro atoms. The lowest BCUT2D eigenvalue weighted by Crippen LogP contribution is -2.22. The molecule has 0 radical (unpaired) electrons. The van der Waals surface area contributed by atoms with E-state index in [9.17, 15) is 4.79 Å². The van der Waals surface area contributed by atoms with E-state index in [2.05, 4.69) is 15.1 Å². The maximum Gasteiger partial charge on any atom is 0.263 e. The van der Waals surface area contributed by atoms with Crippen molar-refractivity contribution in [2.75, 3.05) is 0 Å². The van der Waals surface area contributed by atoms with Crippen molar-refractivity contribution in [3.05, 3.63) is 32.5 Å². The van der Waals surface area contributed by atoms with Crippen molar-refractivity contribution in [3.8, 4) is 0 Å². The zero-order valence-electron chi connectivity index (χ0n) is 13.5. The SMILES string of the molecule is CCc1noc(CSc2nc3sc(C)c(C)c3c(=O)n2CC)n1. The summed E-state index contributed by atoms with van der Waals surface area (Å²) in [6, 6.07) is 0. The molecule has 0 aromatic carbocycles. The van der Waals surface area contributed by atoms with E-state index in [0.29, 0.717) is 29.2 Å². The van der Waals surface area contributed by atoms with Crippen LogP contribution in [0.3, 0.4) is 0 Å². The molecule has 0 atom stereocenters. The standard InChI is InChI=1S/C15H18N4O2S2/c1-5-10-16-11(21-18-10)7-22-15-17-13-12(8(3)9(4)23-13)14(20)19(15)6-2/h5-7H2,1-4H3. The molecule has 0 fully saturated rings. The number of thiophene rings is 1. The minimum atomic E-state index is 0.0293. The van der Waals surface area contributed by atoms with Crippen LogP contribution in [0.2, 0.25) is 0 Å². The number of aryl methyl sites for hydroxylation is 3. The first-order chi connectivity index (χ1) is 11.0. The number of hydrogen-bond acceptors (Lipinski definition) is 7. The molecule has 0 saturated carbocycles. The summed E-state index contributed by atoms with van der Waals surface area (Å²) < 4.78 is 6.91. The van der Waals surface area contributed by atoms with E-state index < -0.39 is 0 Å². The van der Waals surface area contributed by atoms with Crippen LogP contribution in [0, 0.1) is 13.8 Å². The van der Waals surface area contributed by atoms with Crippen molar-refractivity contribution in [3.63, 3.8) is 0 Å². The largest absolute Gasteiger partial charge is 0.338 e. The van der Waals surface area contributed by atoms with Crippen LogP contribution in [0.5, 0.6) is 0 Å².